The second-order valence-electron chi connectivity index (χ2n) is 5.59. The summed E-state index contributed by atoms with van der Waals surface area (Å²) in [7, 11) is 0. The Bertz CT molecular complexity index is 360. The van der Waals surface area contributed by atoms with Crippen LogP contribution in [0.25, 0.3) is 5.57 Å². The van der Waals surface area contributed by atoms with Gasteiger partial charge >= 0.3 is 0 Å². The summed E-state index contributed by atoms with van der Waals surface area (Å²) in [4.78, 5) is 0. The molecule has 0 spiro atoms. The minimum atomic E-state index is 0.525. The van der Waals surface area contributed by atoms with E-state index < -0.39 is 0 Å². The van der Waals surface area contributed by atoms with Gasteiger partial charge in [-0.25, -0.2) is 0 Å². The van der Waals surface area contributed by atoms with Crippen LogP contribution in [0.3, 0.4) is 0 Å². The van der Waals surface area contributed by atoms with Gasteiger partial charge in [0.2, 0.25) is 0 Å². The van der Waals surface area contributed by atoms with Crippen molar-refractivity contribution in [3.8, 4) is 0 Å². The lowest BCUT2D eigenvalue weighted by Gasteiger charge is -2.24. The van der Waals surface area contributed by atoms with E-state index in [1.807, 2.05) is 6.07 Å². The smallest absolute Gasteiger partial charge is 0.0205 e. The first kappa shape index (κ1) is 12.4. The number of hydrogen-bond donors (Lipinski definition) is 1. The van der Waals surface area contributed by atoms with Crippen molar-refractivity contribution in [3.05, 3.63) is 42.5 Å². The van der Waals surface area contributed by atoms with E-state index in [0.717, 1.165) is 13.1 Å². The molecule has 92 valence electrons. The molecule has 1 aromatic carbocycles. The van der Waals surface area contributed by atoms with Crippen LogP contribution in [0.1, 0.15) is 38.2 Å². The predicted octanol–water partition coefficient (Wildman–Crippen LogP) is 3.87. The zero-order valence-corrected chi connectivity index (χ0v) is 10.8. The number of nitrogens with one attached hydrogen (secondary N) is 1. The SMILES string of the molecule is C=C(CNCC1(C)CCCC1)c1ccccc1. The van der Waals surface area contributed by atoms with Crippen LogP contribution in [-0.4, -0.2) is 13.1 Å². The number of rotatable bonds is 5. The van der Waals surface area contributed by atoms with Crippen LogP contribution < -0.4 is 5.32 Å². The van der Waals surface area contributed by atoms with E-state index in [-0.39, 0.29) is 0 Å². The molecule has 0 bridgehead atoms. The number of hydrogen-bond acceptors (Lipinski definition) is 1. The largest absolute Gasteiger partial charge is 0.312 e. The molecule has 1 saturated carbocycles. The van der Waals surface area contributed by atoms with Crippen molar-refractivity contribution in [2.24, 2.45) is 5.41 Å². The molecule has 0 saturated heterocycles. The highest BCUT2D eigenvalue weighted by Gasteiger charge is 2.27. The second-order valence-corrected chi connectivity index (χ2v) is 5.59. The maximum atomic E-state index is 4.15. The van der Waals surface area contributed by atoms with Crippen LogP contribution in [0, 0.1) is 5.41 Å². The molecule has 0 aliphatic heterocycles. The lowest BCUT2D eigenvalue weighted by Crippen LogP contribution is -2.30. The second kappa shape index (κ2) is 5.50. The van der Waals surface area contributed by atoms with Crippen molar-refractivity contribution >= 4 is 5.57 Å². The van der Waals surface area contributed by atoms with Gasteiger partial charge < -0.3 is 5.32 Å². The van der Waals surface area contributed by atoms with Crippen molar-refractivity contribution in [3.63, 3.8) is 0 Å². The van der Waals surface area contributed by atoms with Crippen LogP contribution in [0.2, 0.25) is 0 Å². The molecular weight excluding hydrogens is 206 g/mol. The molecule has 17 heavy (non-hydrogen) atoms. The third kappa shape index (κ3) is 3.44. The fourth-order valence-corrected chi connectivity index (χ4v) is 2.70. The minimum absolute atomic E-state index is 0.525. The highest BCUT2D eigenvalue weighted by atomic mass is 14.9. The molecular formula is C16H23N. The molecule has 0 aromatic heterocycles. The average molecular weight is 229 g/mol. The van der Waals surface area contributed by atoms with Crippen molar-refractivity contribution in [2.45, 2.75) is 32.6 Å². The molecule has 0 heterocycles. The Balaban J connectivity index is 1.77. The maximum Gasteiger partial charge on any atom is 0.0205 e. The van der Waals surface area contributed by atoms with Crippen LogP contribution in [-0.2, 0) is 0 Å². The number of benzene rings is 1. The van der Waals surface area contributed by atoms with E-state index in [2.05, 4.69) is 43.1 Å². The summed E-state index contributed by atoms with van der Waals surface area (Å²) < 4.78 is 0. The van der Waals surface area contributed by atoms with Gasteiger partial charge in [0.1, 0.15) is 0 Å². The Hall–Kier alpha value is -1.08. The third-order valence-electron chi connectivity index (χ3n) is 3.88. The maximum absolute atomic E-state index is 4.15. The van der Waals surface area contributed by atoms with E-state index in [0.29, 0.717) is 5.41 Å². The van der Waals surface area contributed by atoms with Crippen LogP contribution >= 0.6 is 0 Å². The molecule has 1 aliphatic carbocycles. The Morgan fingerprint density at radius 3 is 2.53 bits per heavy atom. The van der Waals surface area contributed by atoms with Gasteiger partial charge in [-0.05, 0) is 29.4 Å². The summed E-state index contributed by atoms with van der Waals surface area (Å²) in [5, 5.41) is 3.57. The highest BCUT2D eigenvalue weighted by molar-refractivity contribution is 5.64. The Kier molecular flexibility index (Phi) is 4.01. The molecule has 0 unspecified atom stereocenters. The van der Waals surface area contributed by atoms with Crippen LogP contribution in [0.5, 0.6) is 0 Å². The summed E-state index contributed by atoms with van der Waals surface area (Å²) in [6.07, 6.45) is 5.55. The van der Waals surface area contributed by atoms with Gasteiger partial charge in [-0.2, -0.15) is 0 Å². The van der Waals surface area contributed by atoms with Crippen LogP contribution in [0.15, 0.2) is 36.9 Å². The van der Waals surface area contributed by atoms with Gasteiger partial charge in [0, 0.05) is 13.1 Å². The molecule has 1 N–H and O–H groups in total. The van der Waals surface area contributed by atoms with E-state index in [9.17, 15) is 0 Å². The summed E-state index contributed by atoms with van der Waals surface area (Å²) in [5.41, 5.74) is 2.96. The first-order valence-corrected chi connectivity index (χ1v) is 6.64. The van der Waals surface area contributed by atoms with Gasteiger partial charge in [-0.1, -0.05) is 56.7 Å². The summed E-state index contributed by atoms with van der Waals surface area (Å²) in [6.45, 7) is 8.58. The van der Waals surface area contributed by atoms with E-state index in [1.54, 1.807) is 0 Å². The fraction of sp³-hybridized carbons (Fsp3) is 0.500. The molecule has 1 heteroatoms. The average Bonchev–Trinajstić information content (AvgIpc) is 2.77. The molecule has 0 atom stereocenters. The summed E-state index contributed by atoms with van der Waals surface area (Å²) >= 11 is 0. The summed E-state index contributed by atoms with van der Waals surface area (Å²) in [6, 6.07) is 10.4. The lowest BCUT2D eigenvalue weighted by atomic mass is 9.89. The van der Waals surface area contributed by atoms with Gasteiger partial charge in [0.25, 0.3) is 0 Å². The first-order valence-electron chi connectivity index (χ1n) is 6.64. The van der Waals surface area contributed by atoms with Crippen LogP contribution in [0.4, 0.5) is 0 Å². The van der Waals surface area contributed by atoms with Crippen molar-refractivity contribution in [1.29, 1.82) is 0 Å². The van der Waals surface area contributed by atoms with Crippen molar-refractivity contribution < 1.29 is 0 Å². The molecule has 0 amide bonds. The molecule has 2 rings (SSSR count). The van der Waals surface area contributed by atoms with E-state index in [1.165, 1.54) is 36.8 Å². The summed E-state index contributed by atoms with van der Waals surface area (Å²) in [5.74, 6) is 0. The molecule has 1 nitrogen and oxygen atoms in total. The van der Waals surface area contributed by atoms with Crippen molar-refractivity contribution in [2.75, 3.05) is 13.1 Å². The first-order chi connectivity index (χ1) is 8.20. The zero-order chi connectivity index (χ0) is 12.1. The van der Waals surface area contributed by atoms with Gasteiger partial charge in [-0.3, -0.25) is 0 Å². The molecule has 1 fully saturated rings. The van der Waals surface area contributed by atoms with Crippen molar-refractivity contribution in [1.82, 2.24) is 5.32 Å². The molecule has 1 aliphatic rings. The van der Waals surface area contributed by atoms with Gasteiger partial charge in [-0.15, -0.1) is 0 Å². The Morgan fingerprint density at radius 1 is 1.24 bits per heavy atom. The van der Waals surface area contributed by atoms with Gasteiger partial charge in [0.15, 0.2) is 0 Å². The monoisotopic (exact) mass is 229 g/mol. The quantitative estimate of drug-likeness (QED) is 0.808. The molecule has 1 aromatic rings. The topological polar surface area (TPSA) is 12.0 Å². The van der Waals surface area contributed by atoms with Gasteiger partial charge in [0.05, 0.1) is 0 Å². The molecule has 0 radical (unpaired) electrons. The highest BCUT2D eigenvalue weighted by Crippen LogP contribution is 2.36. The Labute approximate surface area is 105 Å². The fourth-order valence-electron chi connectivity index (χ4n) is 2.70. The minimum Gasteiger partial charge on any atom is -0.312 e. The lowest BCUT2D eigenvalue weighted by molar-refractivity contribution is 0.322. The predicted molar refractivity (Wildman–Crippen MR) is 74.9 cm³/mol. The van der Waals surface area contributed by atoms with E-state index >= 15 is 0 Å². The third-order valence-corrected chi connectivity index (χ3v) is 3.88. The normalized spacial score (nSPS) is 18.2. The Morgan fingerprint density at radius 2 is 1.88 bits per heavy atom. The van der Waals surface area contributed by atoms with E-state index in [4.69, 9.17) is 0 Å². The zero-order valence-electron chi connectivity index (χ0n) is 10.8. The standard InChI is InChI=1S/C16H23N/c1-14(15-8-4-3-5-9-15)12-17-13-16(2)10-6-7-11-16/h3-5,8-9,17H,1,6-7,10-13H2,2H3.